The molecule has 92 valence electrons. The molecule has 0 aliphatic rings. The summed E-state index contributed by atoms with van der Waals surface area (Å²) in [4.78, 5) is 13.6. The molecule has 0 spiro atoms. The Hall–Kier alpha value is -1.87. The van der Waals surface area contributed by atoms with Crippen molar-refractivity contribution in [2.75, 3.05) is 11.9 Å². The van der Waals surface area contributed by atoms with E-state index in [9.17, 15) is 9.18 Å². The first-order chi connectivity index (χ1) is 8.61. The maximum absolute atomic E-state index is 13.6. The van der Waals surface area contributed by atoms with Gasteiger partial charge in [-0.15, -0.1) is 0 Å². The summed E-state index contributed by atoms with van der Waals surface area (Å²) in [5.74, 6) is -1.08. The number of anilines is 1. The highest BCUT2D eigenvalue weighted by Gasteiger charge is 2.20. The highest BCUT2D eigenvalue weighted by atomic mass is 35.5. The standard InChI is InChI=1S/C14H11ClFNO/c1-17(10-6-3-2-4-7-10)14(18)13-11(15)8-5-9-12(13)16/h2-9H,1H3. The minimum atomic E-state index is -0.615. The number of rotatable bonds is 2. The van der Waals surface area contributed by atoms with Gasteiger partial charge < -0.3 is 4.90 Å². The lowest BCUT2D eigenvalue weighted by molar-refractivity contribution is 0.0989. The molecule has 0 saturated heterocycles. The van der Waals surface area contributed by atoms with Gasteiger partial charge in [-0.2, -0.15) is 0 Å². The smallest absolute Gasteiger partial charge is 0.262 e. The lowest BCUT2D eigenvalue weighted by Crippen LogP contribution is -2.27. The fraction of sp³-hybridized carbons (Fsp3) is 0.0714. The minimum absolute atomic E-state index is 0.106. The molecule has 2 aromatic carbocycles. The van der Waals surface area contributed by atoms with E-state index in [-0.39, 0.29) is 10.6 Å². The zero-order chi connectivity index (χ0) is 13.1. The highest BCUT2D eigenvalue weighted by molar-refractivity contribution is 6.34. The van der Waals surface area contributed by atoms with E-state index in [4.69, 9.17) is 11.6 Å². The van der Waals surface area contributed by atoms with Crippen LogP contribution in [0.2, 0.25) is 5.02 Å². The second kappa shape index (κ2) is 5.19. The fourth-order valence-electron chi connectivity index (χ4n) is 1.64. The summed E-state index contributed by atoms with van der Waals surface area (Å²) in [5.41, 5.74) is 0.576. The molecule has 0 aliphatic heterocycles. The molecular formula is C14H11ClFNO. The minimum Gasteiger partial charge on any atom is -0.311 e. The number of hydrogen-bond donors (Lipinski definition) is 0. The van der Waals surface area contributed by atoms with Crippen molar-refractivity contribution in [3.63, 3.8) is 0 Å². The molecule has 0 bridgehead atoms. The van der Waals surface area contributed by atoms with Crippen molar-refractivity contribution in [2.45, 2.75) is 0 Å². The van der Waals surface area contributed by atoms with Crippen LogP contribution in [0.15, 0.2) is 48.5 Å². The van der Waals surface area contributed by atoms with Crippen molar-refractivity contribution in [1.29, 1.82) is 0 Å². The molecule has 0 aromatic heterocycles. The van der Waals surface area contributed by atoms with Crippen molar-refractivity contribution in [2.24, 2.45) is 0 Å². The van der Waals surface area contributed by atoms with E-state index in [1.54, 1.807) is 19.2 Å². The highest BCUT2D eigenvalue weighted by Crippen LogP contribution is 2.22. The molecule has 0 heterocycles. The molecule has 0 N–H and O–H groups in total. The van der Waals surface area contributed by atoms with Crippen LogP contribution in [0, 0.1) is 5.82 Å². The fourth-order valence-corrected chi connectivity index (χ4v) is 1.88. The van der Waals surface area contributed by atoms with E-state index in [1.165, 1.54) is 23.1 Å². The van der Waals surface area contributed by atoms with Gasteiger partial charge in [-0.3, -0.25) is 4.79 Å². The maximum atomic E-state index is 13.6. The number of nitrogens with zero attached hydrogens (tertiary/aromatic N) is 1. The first-order valence-electron chi connectivity index (χ1n) is 5.38. The van der Waals surface area contributed by atoms with Gasteiger partial charge in [0.25, 0.3) is 5.91 Å². The van der Waals surface area contributed by atoms with Crippen LogP contribution in [-0.2, 0) is 0 Å². The van der Waals surface area contributed by atoms with E-state index in [0.29, 0.717) is 5.69 Å². The van der Waals surface area contributed by atoms with E-state index in [1.807, 2.05) is 18.2 Å². The lowest BCUT2D eigenvalue weighted by Gasteiger charge is -2.18. The molecule has 0 atom stereocenters. The Labute approximate surface area is 110 Å². The second-order valence-corrected chi connectivity index (χ2v) is 4.20. The Bertz CT molecular complexity index is 551. The number of carbonyl (C=O) groups is 1. The topological polar surface area (TPSA) is 20.3 Å². The molecule has 0 aliphatic carbocycles. The Morgan fingerprint density at radius 3 is 2.39 bits per heavy atom. The third kappa shape index (κ3) is 2.36. The van der Waals surface area contributed by atoms with E-state index in [0.717, 1.165) is 0 Å². The van der Waals surface area contributed by atoms with Crippen molar-refractivity contribution in [1.82, 2.24) is 0 Å². The van der Waals surface area contributed by atoms with Gasteiger partial charge in [0.05, 0.1) is 10.6 Å². The van der Waals surface area contributed by atoms with E-state index < -0.39 is 11.7 Å². The van der Waals surface area contributed by atoms with Crippen LogP contribution in [0.5, 0.6) is 0 Å². The van der Waals surface area contributed by atoms with Gasteiger partial charge in [0.2, 0.25) is 0 Å². The molecule has 0 saturated carbocycles. The molecule has 4 heteroatoms. The van der Waals surface area contributed by atoms with Crippen molar-refractivity contribution in [3.8, 4) is 0 Å². The molecular weight excluding hydrogens is 253 g/mol. The van der Waals surface area contributed by atoms with Gasteiger partial charge in [0.1, 0.15) is 5.82 Å². The summed E-state index contributed by atoms with van der Waals surface area (Å²) in [5, 5.41) is 0.114. The summed E-state index contributed by atoms with van der Waals surface area (Å²) in [6.45, 7) is 0. The Kier molecular flexibility index (Phi) is 3.63. The Morgan fingerprint density at radius 2 is 1.78 bits per heavy atom. The van der Waals surface area contributed by atoms with E-state index in [2.05, 4.69) is 0 Å². The molecule has 0 unspecified atom stereocenters. The van der Waals surface area contributed by atoms with Crippen molar-refractivity contribution in [3.05, 3.63) is 64.9 Å². The zero-order valence-electron chi connectivity index (χ0n) is 9.73. The van der Waals surface area contributed by atoms with Crippen LogP contribution in [0.1, 0.15) is 10.4 Å². The Morgan fingerprint density at radius 1 is 1.11 bits per heavy atom. The van der Waals surface area contributed by atoms with Gasteiger partial charge in [-0.1, -0.05) is 35.9 Å². The normalized spacial score (nSPS) is 10.2. The summed E-state index contributed by atoms with van der Waals surface area (Å²) in [6, 6.07) is 13.2. The molecule has 0 radical (unpaired) electrons. The second-order valence-electron chi connectivity index (χ2n) is 3.80. The Balaban J connectivity index is 2.38. The predicted molar refractivity (Wildman–Crippen MR) is 70.6 cm³/mol. The summed E-state index contributed by atoms with van der Waals surface area (Å²) >= 11 is 5.87. The van der Waals surface area contributed by atoms with Crippen LogP contribution in [-0.4, -0.2) is 13.0 Å². The number of halogens is 2. The predicted octanol–water partition coefficient (Wildman–Crippen LogP) is 3.76. The summed E-state index contributed by atoms with van der Waals surface area (Å²) in [6.07, 6.45) is 0. The number of carbonyl (C=O) groups excluding carboxylic acids is 1. The largest absolute Gasteiger partial charge is 0.311 e. The van der Waals surface area contributed by atoms with Crippen LogP contribution in [0.25, 0.3) is 0 Å². The van der Waals surface area contributed by atoms with Crippen LogP contribution >= 0.6 is 11.6 Å². The molecule has 18 heavy (non-hydrogen) atoms. The lowest BCUT2D eigenvalue weighted by atomic mass is 10.1. The van der Waals surface area contributed by atoms with Gasteiger partial charge in [0.15, 0.2) is 0 Å². The van der Waals surface area contributed by atoms with Gasteiger partial charge in [-0.25, -0.2) is 4.39 Å². The first kappa shape index (κ1) is 12.6. The van der Waals surface area contributed by atoms with Crippen LogP contribution in [0.4, 0.5) is 10.1 Å². The summed E-state index contributed by atoms with van der Waals surface area (Å²) < 4.78 is 13.6. The third-order valence-corrected chi connectivity index (χ3v) is 2.94. The SMILES string of the molecule is CN(C(=O)c1c(F)cccc1Cl)c1ccccc1. The molecule has 2 rings (SSSR count). The van der Waals surface area contributed by atoms with Crippen molar-refractivity contribution < 1.29 is 9.18 Å². The number of amides is 1. The van der Waals surface area contributed by atoms with E-state index >= 15 is 0 Å². The van der Waals surface area contributed by atoms with Gasteiger partial charge in [-0.05, 0) is 24.3 Å². The molecule has 2 aromatic rings. The van der Waals surface area contributed by atoms with Crippen LogP contribution < -0.4 is 4.90 Å². The maximum Gasteiger partial charge on any atom is 0.262 e. The van der Waals surface area contributed by atoms with Crippen LogP contribution in [0.3, 0.4) is 0 Å². The summed E-state index contributed by atoms with van der Waals surface area (Å²) in [7, 11) is 1.58. The monoisotopic (exact) mass is 263 g/mol. The molecule has 2 nitrogen and oxygen atoms in total. The zero-order valence-corrected chi connectivity index (χ0v) is 10.5. The number of benzene rings is 2. The quantitative estimate of drug-likeness (QED) is 0.808. The third-order valence-electron chi connectivity index (χ3n) is 2.62. The number of para-hydroxylation sites is 1. The average molecular weight is 264 g/mol. The van der Waals surface area contributed by atoms with Crippen molar-refractivity contribution >= 4 is 23.2 Å². The van der Waals surface area contributed by atoms with Gasteiger partial charge in [0, 0.05) is 12.7 Å². The van der Waals surface area contributed by atoms with Gasteiger partial charge >= 0.3 is 0 Å². The first-order valence-corrected chi connectivity index (χ1v) is 5.76. The average Bonchev–Trinajstić information content (AvgIpc) is 2.38. The number of hydrogen-bond acceptors (Lipinski definition) is 1. The molecule has 1 amide bonds. The molecule has 0 fully saturated rings.